The molecule has 0 radical (unpaired) electrons. The molecule has 3 heteroatoms. The molecular weight excluding hydrogens is 270 g/mol. The third-order valence-electron chi connectivity index (χ3n) is 3.81. The topological polar surface area (TPSA) is 3.24 Å². The van der Waals surface area contributed by atoms with Gasteiger partial charge in [-0.25, -0.2) is 0 Å². The molecule has 2 aromatic carbocycles. The quantitative estimate of drug-likeness (QED) is 0.688. The average Bonchev–Trinajstić information content (AvgIpc) is 2.46. The van der Waals surface area contributed by atoms with E-state index in [9.17, 15) is 0 Å². The molecule has 0 N–H and O–H groups in total. The van der Waals surface area contributed by atoms with Gasteiger partial charge in [-0.1, -0.05) is 36.4 Å². The Morgan fingerprint density at radius 1 is 0.947 bits per heavy atom. The molecule has 2 aliphatic heterocycles. The van der Waals surface area contributed by atoms with Crippen LogP contribution < -0.4 is 0 Å². The van der Waals surface area contributed by atoms with Gasteiger partial charge in [0, 0.05) is 16.3 Å². The SMILES string of the molecule is C[C@H]1Sc2ccccc2[C@@H]2Sc3ccccc3CN12. The number of fused-ring (bicyclic) bond motifs is 4. The fraction of sp³-hybridized carbons (Fsp3) is 0.250. The first kappa shape index (κ1) is 11.9. The molecule has 4 rings (SSSR count). The summed E-state index contributed by atoms with van der Waals surface area (Å²) in [6.07, 6.45) is 0. The van der Waals surface area contributed by atoms with E-state index in [-0.39, 0.29) is 0 Å². The van der Waals surface area contributed by atoms with E-state index in [1.54, 1.807) is 0 Å². The van der Waals surface area contributed by atoms with Crippen molar-refractivity contribution in [3.8, 4) is 0 Å². The van der Waals surface area contributed by atoms with Crippen LogP contribution in [0, 0.1) is 0 Å². The monoisotopic (exact) mass is 285 g/mol. The summed E-state index contributed by atoms with van der Waals surface area (Å²) in [4.78, 5) is 5.50. The molecule has 2 atom stereocenters. The molecule has 0 saturated heterocycles. The lowest BCUT2D eigenvalue weighted by molar-refractivity contribution is 0.227. The van der Waals surface area contributed by atoms with Crippen molar-refractivity contribution in [2.45, 2.75) is 34.0 Å². The van der Waals surface area contributed by atoms with Crippen LogP contribution in [0.15, 0.2) is 58.3 Å². The van der Waals surface area contributed by atoms with Crippen molar-refractivity contribution >= 4 is 23.5 Å². The second-order valence-corrected chi connectivity index (χ2v) is 7.49. The van der Waals surface area contributed by atoms with Crippen molar-refractivity contribution in [2.75, 3.05) is 0 Å². The van der Waals surface area contributed by atoms with Gasteiger partial charge in [-0.15, -0.1) is 23.5 Å². The van der Waals surface area contributed by atoms with Gasteiger partial charge in [-0.05, 0) is 30.2 Å². The minimum atomic E-state index is 0.474. The summed E-state index contributed by atoms with van der Waals surface area (Å²) in [5.41, 5.74) is 2.95. The van der Waals surface area contributed by atoms with Gasteiger partial charge in [0.15, 0.2) is 0 Å². The Kier molecular flexibility index (Phi) is 2.87. The lowest BCUT2D eigenvalue weighted by Crippen LogP contribution is -2.38. The van der Waals surface area contributed by atoms with E-state index in [0.29, 0.717) is 10.7 Å². The van der Waals surface area contributed by atoms with E-state index < -0.39 is 0 Å². The highest BCUT2D eigenvalue weighted by molar-refractivity contribution is 8.01. The number of hydrogen-bond donors (Lipinski definition) is 0. The summed E-state index contributed by atoms with van der Waals surface area (Å²) in [5, 5.41) is 1.02. The maximum Gasteiger partial charge on any atom is 0.0883 e. The highest BCUT2D eigenvalue weighted by atomic mass is 32.2. The summed E-state index contributed by atoms with van der Waals surface area (Å²) < 4.78 is 0. The molecule has 0 aliphatic carbocycles. The number of hydrogen-bond acceptors (Lipinski definition) is 3. The van der Waals surface area contributed by atoms with Gasteiger partial charge in [0.2, 0.25) is 0 Å². The molecule has 2 aliphatic rings. The highest BCUT2D eigenvalue weighted by Crippen LogP contribution is 2.52. The molecule has 0 bridgehead atoms. The van der Waals surface area contributed by atoms with Crippen LogP contribution in [0.2, 0.25) is 0 Å². The third kappa shape index (κ3) is 1.92. The standard InChI is InChI=1S/C16H15NS2/c1-11-17-10-12-6-2-4-8-14(12)19-16(17)13-7-3-5-9-15(13)18-11/h2-9,11,16H,10H2,1H3/t11-,16+/m1/s1. The van der Waals surface area contributed by atoms with Gasteiger partial charge < -0.3 is 0 Å². The number of rotatable bonds is 0. The molecule has 0 aromatic heterocycles. The van der Waals surface area contributed by atoms with Crippen LogP contribution in [0.25, 0.3) is 0 Å². The predicted molar refractivity (Wildman–Crippen MR) is 82.3 cm³/mol. The third-order valence-corrected chi connectivity index (χ3v) is 6.45. The average molecular weight is 285 g/mol. The van der Waals surface area contributed by atoms with Crippen LogP contribution in [0.4, 0.5) is 0 Å². The molecule has 0 saturated carbocycles. The number of thioether (sulfide) groups is 2. The lowest BCUT2D eigenvalue weighted by atomic mass is 10.1. The van der Waals surface area contributed by atoms with Gasteiger partial charge in [0.25, 0.3) is 0 Å². The molecule has 0 spiro atoms. The van der Waals surface area contributed by atoms with E-state index >= 15 is 0 Å². The summed E-state index contributed by atoms with van der Waals surface area (Å²) in [6.45, 7) is 3.39. The van der Waals surface area contributed by atoms with E-state index in [2.05, 4.69) is 60.4 Å². The fourth-order valence-electron chi connectivity index (χ4n) is 2.82. The van der Waals surface area contributed by atoms with Crippen LogP contribution >= 0.6 is 23.5 Å². The van der Waals surface area contributed by atoms with Gasteiger partial charge in [-0.3, -0.25) is 4.90 Å². The van der Waals surface area contributed by atoms with Crippen LogP contribution in [-0.2, 0) is 6.54 Å². The lowest BCUT2D eigenvalue weighted by Gasteiger charge is -2.44. The summed E-state index contributed by atoms with van der Waals surface area (Å²) >= 11 is 3.98. The summed E-state index contributed by atoms with van der Waals surface area (Å²) in [6, 6.07) is 17.7. The Morgan fingerprint density at radius 3 is 2.58 bits per heavy atom. The molecule has 2 aromatic rings. The van der Waals surface area contributed by atoms with E-state index in [1.807, 2.05) is 23.5 Å². The Hall–Kier alpha value is -0.900. The molecule has 1 nitrogen and oxygen atoms in total. The molecule has 0 unspecified atom stereocenters. The maximum absolute atomic E-state index is 2.61. The van der Waals surface area contributed by atoms with Crippen LogP contribution in [0.1, 0.15) is 23.4 Å². The summed E-state index contributed by atoms with van der Waals surface area (Å²) in [5.74, 6) is 0. The van der Waals surface area contributed by atoms with E-state index in [4.69, 9.17) is 0 Å². The number of nitrogens with zero attached hydrogens (tertiary/aromatic N) is 1. The summed E-state index contributed by atoms with van der Waals surface area (Å²) in [7, 11) is 0. The molecule has 0 fully saturated rings. The highest BCUT2D eigenvalue weighted by Gasteiger charge is 2.36. The van der Waals surface area contributed by atoms with Crippen LogP contribution in [0.3, 0.4) is 0 Å². The maximum atomic E-state index is 2.61. The minimum absolute atomic E-state index is 0.474. The zero-order valence-corrected chi connectivity index (χ0v) is 12.4. The zero-order chi connectivity index (χ0) is 12.8. The van der Waals surface area contributed by atoms with E-state index in [1.165, 1.54) is 20.9 Å². The predicted octanol–water partition coefficient (Wildman–Crippen LogP) is 4.74. The van der Waals surface area contributed by atoms with Crippen LogP contribution in [-0.4, -0.2) is 10.3 Å². The minimum Gasteiger partial charge on any atom is -0.271 e. The molecule has 2 heterocycles. The van der Waals surface area contributed by atoms with Crippen molar-refractivity contribution in [3.05, 3.63) is 59.7 Å². The first-order chi connectivity index (χ1) is 9.33. The fourth-order valence-corrected chi connectivity index (χ4v) is 5.55. The van der Waals surface area contributed by atoms with Crippen molar-refractivity contribution in [2.24, 2.45) is 0 Å². The smallest absolute Gasteiger partial charge is 0.0883 e. The normalized spacial score (nSPS) is 25.3. The largest absolute Gasteiger partial charge is 0.271 e. The van der Waals surface area contributed by atoms with Gasteiger partial charge in [0.1, 0.15) is 0 Å². The van der Waals surface area contributed by atoms with Crippen molar-refractivity contribution in [1.29, 1.82) is 0 Å². The molecule has 0 amide bonds. The van der Waals surface area contributed by atoms with Crippen molar-refractivity contribution in [3.63, 3.8) is 0 Å². The second kappa shape index (κ2) is 4.58. The number of benzene rings is 2. The molecular formula is C16H15NS2. The molecule has 96 valence electrons. The van der Waals surface area contributed by atoms with Gasteiger partial charge in [-0.2, -0.15) is 0 Å². The van der Waals surface area contributed by atoms with Crippen molar-refractivity contribution < 1.29 is 0 Å². The first-order valence-electron chi connectivity index (χ1n) is 6.59. The Morgan fingerprint density at radius 2 is 1.68 bits per heavy atom. The first-order valence-corrected chi connectivity index (χ1v) is 8.35. The Labute approximate surface area is 122 Å². The second-order valence-electron chi connectivity index (χ2n) is 5.01. The van der Waals surface area contributed by atoms with Crippen LogP contribution in [0.5, 0.6) is 0 Å². The Balaban J connectivity index is 1.82. The zero-order valence-electron chi connectivity index (χ0n) is 10.7. The van der Waals surface area contributed by atoms with Gasteiger partial charge >= 0.3 is 0 Å². The van der Waals surface area contributed by atoms with E-state index in [0.717, 1.165) is 6.54 Å². The van der Waals surface area contributed by atoms with Gasteiger partial charge in [0.05, 0.1) is 10.7 Å². The van der Waals surface area contributed by atoms with Crippen molar-refractivity contribution in [1.82, 2.24) is 4.90 Å². The molecule has 19 heavy (non-hydrogen) atoms. The Bertz CT molecular complexity index is 626.